The van der Waals surface area contributed by atoms with Crippen molar-refractivity contribution in [1.29, 1.82) is 0 Å². The second-order valence-corrected chi connectivity index (χ2v) is 4.77. The SMILES string of the molecule is O=[N+]([O-])c1ccc(OCCNCCC2CCCO2)cc1. The molecule has 0 bridgehead atoms. The van der Waals surface area contributed by atoms with Gasteiger partial charge in [-0.25, -0.2) is 0 Å². The zero-order valence-corrected chi connectivity index (χ0v) is 11.4. The van der Waals surface area contributed by atoms with Gasteiger partial charge in [0.15, 0.2) is 0 Å². The van der Waals surface area contributed by atoms with E-state index in [1.165, 1.54) is 25.0 Å². The van der Waals surface area contributed by atoms with Crippen molar-refractivity contribution in [3.8, 4) is 5.75 Å². The van der Waals surface area contributed by atoms with E-state index in [1.54, 1.807) is 12.1 Å². The minimum Gasteiger partial charge on any atom is -0.492 e. The molecule has 0 spiro atoms. The third-order valence-corrected chi connectivity index (χ3v) is 3.26. The monoisotopic (exact) mass is 280 g/mol. The summed E-state index contributed by atoms with van der Waals surface area (Å²) >= 11 is 0. The quantitative estimate of drug-likeness (QED) is 0.448. The summed E-state index contributed by atoms with van der Waals surface area (Å²) in [7, 11) is 0. The maximum atomic E-state index is 10.5. The molecule has 1 aliphatic heterocycles. The minimum absolute atomic E-state index is 0.0760. The van der Waals surface area contributed by atoms with Gasteiger partial charge >= 0.3 is 0 Å². The van der Waals surface area contributed by atoms with Crippen molar-refractivity contribution < 1.29 is 14.4 Å². The van der Waals surface area contributed by atoms with Crippen LogP contribution in [0.1, 0.15) is 19.3 Å². The molecule has 6 nitrogen and oxygen atoms in total. The van der Waals surface area contributed by atoms with Crippen molar-refractivity contribution >= 4 is 5.69 Å². The highest BCUT2D eigenvalue weighted by Gasteiger charge is 2.14. The molecule has 0 radical (unpaired) electrons. The minimum atomic E-state index is -0.420. The van der Waals surface area contributed by atoms with Gasteiger partial charge in [-0.2, -0.15) is 0 Å². The van der Waals surface area contributed by atoms with Gasteiger partial charge in [-0.05, 0) is 37.9 Å². The molecule has 0 saturated carbocycles. The Labute approximate surface area is 118 Å². The summed E-state index contributed by atoms with van der Waals surface area (Å²) in [6, 6.07) is 6.12. The summed E-state index contributed by atoms with van der Waals surface area (Å²) in [5.74, 6) is 0.650. The smallest absolute Gasteiger partial charge is 0.269 e. The number of nitro groups is 1. The third-order valence-electron chi connectivity index (χ3n) is 3.26. The number of ether oxygens (including phenoxy) is 2. The van der Waals surface area contributed by atoms with Gasteiger partial charge in [0.2, 0.25) is 0 Å². The predicted molar refractivity (Wildman–Crippen MR) is 75.1 cm³/mol. The Morgan fingerprint density at radius 2 is 2.15 bits per heavy atom. The lowest BCUT2D eigenvalue weighted by Crippen LogP contribution is -2.24. The van der Waals surface area contributed by atoms with E-state index in [2.05, 4.69) is 5.32 Å². The Morgan fingerprint density at radius 3 is 2.80 bits per heavy atom. The number of hydrogen-bond donors (Lipinski definition) is 1. The summed E-state index contributed by atoms with van der Waals surface area (Å²) in [6.45, 7) is 3.12. The van der Waals surface area contributed by atoms with Crippen LogP contribution in [0.15, 0.2) is 24.3 Å². The molecule has 110 valence electrons. The van der Waals surface area contributed by atoms with Crippen molar-refractivity contribution in [1.82, 2.24) is 5.32 Å². The molecule has 2 rings (SSSR count). The van der Waals surface area contributed by atoms with Crippen molar-refractivity contribution in [3.63, 3.8) is 0 Å². The first kappa shape index (κ1) is 14.7. The molecule has 0 aromatic heterocycles. The summed E-state index contributed by atoms with van der Waals surface area (Å²) in [5, 5.41) is 13.8. The number of nitrogens with one attached hydrogen (secondary N) is 1. The molecule has 1 saturated heterocycles. The maximum Gasteiger partial charge on any atom is 0.269 e. The van der Waals surface area contributed by atoms with E-state index in [-0.39, 0.29) is 5.69 Å². The summed E-state index contributed by atoms with van der Waals surface area (Å²) in [4.78, 5) is 10.1. The zero-order chi connectivity index (χ0) is 14.2. The van der Waals surface area contributed by atoms with E-state index in [4.69, 9.17) is 9.47 Å². The second-order valence-electron chi connectivity index (χ2n) is 4.77. The summed E-state index contributed by atoms with van der Waals surface area (Å²) in [5.41, 5.74) is 0.0760. The highest BCUT2D eigenvalue weighted by atomic mass is 16.6. The van der Waals surface area contributed by atoms with Gasteiger partial charge in [0.1, 0.15) is 12.4 Å². The van der Waals surface area contributed by atoms with Crippen LogP contribution in [-0.2, 0) is 4.74 Å². The Kier molecular flexibility index (Phi) is 5.76. The maximum absolute atomic E-state index is 10.5. The Morgan fingerprint density at radius 1 is 1.35 bits per heavy atom. The normalized spacial score (nSPS) is 18.1. The van der Waals surface area contributed by atoms with Gasteiger partial charge in [-0.1, -0.05) is 0 Å². The molecule has 1 atom stereocenters. The van der Waals surface area contributed by atoms with E-state index >= 15 is 0 Å². The Hall–Kier alpha value is -1.66. The van der Waals surface area contributed by atoms with Crippen LogP contribution in [0.4, 0.5) is 5.69 Å². The number of hydrogen-bond acceptors (Lipinski definition) is 5. The lowest BCUT2D eigenvalue weighted by molar-refractivity contribution is -0.384. The fraction of sp³-hybridized carbons (Fsp3) is 0.571. The number of rotatable bonds is 8. The standard InChI is InChI=1S/C14H20N2O4/c17-16(18)12-3-5-14(6-4-12)20-11-9-15-8-7-13-2-1-10-19-13/h3-6,13,15H,1-2,7-11H2. The number of benzene rings is 1. The average Bonchev–Trinajstić information content (AvgIpc) is 2.96. The van der Waals surface area contributed by atoms with Gasteiger partial charge in [0.05, 0.1) is 11.0 Å². The van der Waals surface area contributed by atoms with Crippen molar-refractivity contribution in [3.05, 3.63) is 34.4 Å². The van der Waals surface area contributed by atoms with Gasteiger partial charge < -0.3 is 14.8 Å². The molecule has 20 heavy (non-hydrogen) atoms. The van der Waals surface area contributed by atoms with Crippen molar-refractivity contribution in [2.24, 2.45) is 0 Å². The van der Waals surface area contributed by atoms with Crippen LogP contribution in [0.5, 0.6) is 5.75 Å². The molecule has 6 heteroatoms. The van der Waals surface area contributed by atoms with Crippen LogP contribution in [-0.4, -0.2) is 37.3 Å². The van der Waals surface area contributed by atoms with E-state index in [0.717, 1.165) is 26.1 Å². The van der Waals surface area contributed by atoms with Crippen LogP contribution in [0.25, 0.3) is 0 Å². The van der Waals surface area contributed by atoms with E-state index in [9.17, 15) is 10.1 Å². The molecule has 1 unspecified atom stereocenters. The molecule has 1 heterocycles. The molecule has 1 aliphatic rings. The van der Waals surface area contributed by atoms with Crippen LogP contribution in [0, 0.1) is 10.1 Å². The molecule has 1 N–H and O–H groups in total. The van der Waals surface area contributed by atoms with Crippen molar-refractivity contribution in [2.45, 2.75) is 25.4 Å². The molecule has 1 aromatic carbocycles. The molecule has 1 fully saturated rings. The molecule has 0 aliphatic carbocycles. The van der Waals surface area contributed by atoms with Crippen molar-refractivity contribution in [2.75, 3.05) is 26.3 Å². The molecule has 0 amide bonds. The first-order valence-electron chi connectivity index (χ1n) is 6.95. The van der Waals surface area contributed by atoms with E-state index in [1.807, 2.05) is 0 Å². The molecular weight excluding hydrogens is 260 g/mol. The van der Waals surface area contributed by atoms with Gasteiger partial charge in [0, 0.05) is 25.3 Å². The fourth-order valence-corrected chi connectivity index (χ4v) is 2.17. The second kappa shape index (κ2) is 7.81. The average molecular weight is 280 g/mol. The van der Waals surface area contributed by atoms with Crippen LogP contribution in [0.3, 0.4) is 0 Å². The first-order valence-corrected chi connectivity index (χ1v) is 6.95. The first-order chi connectivity index (χ1) is 9.75. The van der Waals surface area contributed by atoms with Crippen LogP contribution >= 0.6 is 0 Å². The largest absolute Gasteiger partial charge is 0.492 e. The molecule has 1 aromatic rings. The fourth-order valence-electron chi connectivity index (χ4n) is 2.17. The summed E-state index contributed by atoms with van der Waals surface area (Å²) in [6.07, 6.45) is 3.80. The summed E-state index contributed by atoms with van der Waals surface area (Å²) < 4.78 is 11.0. The molecular formula is C14H20N2O4. The highest BCUT2D eigenvalue weighted by molar-refractivity contribution is 5.35. The lowest BCUT2D eigenvalue weighted by Gasteiger charge is -2.10. The van der Waals surface area contributed by atoms with E-state index < -0.39 is 4.92 Å². The lowest BCUT2D eigenvalue weighted by atomic mass is 10.2. The number of nitro benzene ring substituents is 1. The van der Waals surface area contributed by atoms with Crippen LogP contribution in [0.2, 0.25) is 0 Å². The van der Waals surface area contributed by atoms with Gasteiger partial charge in [-0.3, -0.25) is 10.1 Å². The highest BCUT2D eigenvalue weighted by Crippen LogP contribution is 2.17. The third kappa shape index (κ3) is 4.79. The van der Waals surface area contributed by atoms with Crippen LogP contribution < -0.4 is 10.1 Å². The topological polar surface area (TPSA) is 73.6 Å². The number of non-ortho nitro benzene ring substituents is 1. The number of nitrogens with zero attached hydrogens (tertiary/aromatic N) is 1. The van der Waals surface area contributed by atoms with E-state index in [0.29, 0.717) is 18.5 Å². The zero-order valence-electron chi connectivity index (χ0n) is 11.4. The van der Waals surface area contributed by atoms with Gasteiger partial charge in [0.25, 0.3) is 5.69 Å². The Balaban J connectivity index is 1.55. The van der Waals surface area contributed by atoms with Gasteiger partial charge in [-0.15, -0.1) is 0 Å². The Bertz CT molecular complexity index is 416. The predicted octanol–water partition coefficient (Wildman–Crippen LogP) is 2.13.